The zero-order valence-corrected chi connectivity index (χ0v) is 16.0. The SMILES string of the molecule is CC1(CN)CCN(c2cnc3c(-c4cc(Cl)cc(Cl)c4)[nH]nc3n2)CC1. The van der Waals surface area contributed by atoms with Gasteiger partial charge in [0.2, 0.25) is 5.65 Å². The van der Waals surface area contributed by atoms with E-state index in [0.717, 1.165) is 49.6 Å². The molecule has 0 spiro atoms. The summed E-state index contributed by atoms with van der Waals surface area (Å²) in [5, 5.41) is 8.46. The van der Waals surface area contributed by atoms with Crippen LogP contribution in [0.25, 0.3) is 22.4 Å². The van der Waals surface area contributed by atoms with Gasteiger partial charge in [-0.3, -0.25) is 5.10 Å². The first-order chi connectivity index (χ1) is 12.5. The molecule has 1 fully saturated rings. The van der Waals surface area contributed by atoms with Crippen molar-refractivity contribution in [1.82, 2.24) is 20.2 Å². The topological polar surface area (TPSA) is 83.7 Å². The number of piperidine rings is 1. The Bertz CT molecular complexity index is 926. The van der Waals surface area contributed by atoms with Crippen LogP contribution >= 0.6 is 23.2 Å². The van der Waals surface area contributed by atoms with E-state index in [4.69, 9.17) is 28.9 Å². The van der Waals surface area contributed by atoms with Gasteiger partial charge in [-0.15, -0.1) is 0 Å². The molecule has 1 saturated heterocycles. The van der Waals surface area contributed by atoms with Crippen molar-refractivity contribution in [3.8, 4) is 11.3 Å². The lowest BCUT2D eigenvalue weighted by Gasteiger charge is -2.39. The van der Waals surface area contributed by atoms with Crippen LogP contribution in [0.2, 0.25) is 10.0 Å². The van der Waals surface area contributed by atoms with Gasteiger partial charge < -0.3 is 10.6 Å². The minimum atomic E-state index is 0.222. The Balaban J connectivity index is 1.64. The lowest BCUT2D eigenvalue weighted by molar-refractivity contribution is 0.258. The molecule has 0 aliphatic carbocycles. The summed E-state index contributed by atoms with van der Waals surface area (Å²) in [5.41, 5.74) is 9.00. The second kappa shape index (κ2) is 6.68. The molecule has 0 saturated carbocycles. The molecule has 26 heavy (non-hydrogen) atoms. The number of fused-ring (bicyclic) bond motifs is 1. The first-order valence-electron chi connectivity index (χ1n) is 8.60. The number of halogens is 2. The standard InChI is InChI=1S/C18H20Cl2N6/c1-18(10-21)2-4-26(5-3-18)14-9-22-16-15(24-25-17(16)23-14)11-6-12(19)8-13(20)7-11/h6-9H,2-5,10,21H2,1H3,(H,23,24,25). The van der Waals surface area contributed by atoms with Crippen LogP contribution in [0.15, 0.2) is 24.4 Å². The van der Waals surface area contributed by atoms with Crippen molar-refractivity contribution in [3.05, 3.63) is 34.4 Å². The molecule has 1 aliphatic rings. The van der Waals surface area contributed by atoms with Crippen molar-refractivity contribution >= 4 is 40.2 Å². The molecule has 136 valence electrons. The van der Waals surface area contributed by atoms with Crippen molar-refractivity contribution in [2.45, 2.75) is 19.8 Å². The Hall–Kier alpha value is -1.89. The Labute approximate surface area is 161 Å². The summed E-state index contributed by atoms with van der Waals surface area (Å²) in [4.78, 5) is 11.5. The average molecular weight is 391 g/mol. The number of nitrogens with zero attached hydrogens (tertiary/aromatic N) is 4. The fourth-order valence-corrected chi connectivity index (χ4v) is 3.84. The van der Waals surface area contributed by atoms with E-state index in [9.17, 15) is 0 Å². The van der Waals surface area contributed by atoms with Gasteiger partial charge in [-0.25, -0.2) is 9.97 Å². The number of nitrogens with one attached hydrogen (secondary N) is 1. The third-order valence-electron chi connectivity index (χ3n) is 5.19. The van der Waals surface area contributed by atoms with Crippen molar-refractivity contribution in [2.75, 3.05) is 24.5 Å². The number of hydrogen-bond donors (Lipinski definition) is 2. The molecule has 3 heterocycles. The highest BCUT2D eigenvalue weighted by Crippen LogP contribution is 2.33. The lowest BCUT2D eigenvalue weighted by atomic mass is 9.80. The van der Waals surface area contributed by atoms with Crippen molar-refractivity contribution in [3.63, 3.8) is 0 Å². The minimum Gasteiger partial charge on any atom is -0.355 e. The highest BCUT2D eigenvalue weighted by atomic mass is 35.5. The van der Waals surface area contributed by atoms with Crippen LogP contribution in [0, 0.1) is 5.41 Å². The summed E-state index contributed by atoms with van der Waals surface area (Å²) in [6.07, 6.45) is 3.91. The van der Waals surface area contributed by atoms with Gasteiger partial charge in [-0.1, -0.05) is 30.1 Å². The van der Waals surface area contributed by atoms with Gasteiger partial charge in [0.15, 0.2) is 0 Å². The summed E-state index contributed by atoms with van der Waals surface area (Å²) < 4.78 is 0. The number of aromatic nitrogens is 4. The monoisotopic (exact) mass is 390 g/mol. The van der Waals surface area contributed by atoms with Crippen LogP contribution in [0.1, 0.15) is 19.8 Å². The molecule has 1 aromatic carbocycles. The van der Waals surface area contributed by atoms with Crippen LogP contribution in [-0.2, 0) is 0 Å². The number of hydrogen-bond acceptors (Lipinski definition) is 5. The van der Waals surface area contributed by atoms with Crippen LogP contribution in [0.4, 0.5) is 5.82 Å². The van der Waals surface area contributed by atoms with Gasteiger partial charge in [0.05, 0.1) is 11.9 Å². The first kappa shape index (κ1) is 17.5. The summed E-state index contributed by atoms with van der Waals surface area (Å²) >= 11 is 12.2. The molecule has 0 unspecified atom stereocenters. The van der Waals surface area contributed by atoms with Gasteiger partial charge in [-0.05, 0) is 43.0 Å². The van der Waals surface area contributed by atoms with E-state index in [1.807, 2.05) is 12.1 Å². The second-order valence-corrected chi connectivity index (χ2v) is 8.03. The van der Waals surface area contributed by atoms with Crippen molar-refractivity contribution in [2.24, 2.45) is 11.1 Å². The van der Waals surface area contributed by atoms with Crippen LogP contribution in [-0.4, -0.2) is 39.8 Å². The molecule has 4 rings (SSSR count). The Morgan fingerprint density at radius 3 is 2.54 bits per heavy atom. The number of rotatable bonds is 3. The zero-order valence-electron chi connectivity index (χ0n) is 14.5. The molecule has 1 aliphatic heterocycles. The van der Waals surface area contributed by atoms with E-state index in [0.29, 0.717) is 21.2 Å². The Morgan fingerprint density at radius 1 is 1.19 bits per heavy atom. The van der Waals surface area contributed by atoms with Gasteiger partial charge >= 0.3 is 0 Å². The first-order valence-corrected chi connectivity index (χ1v) is 9.36. The Morgan fingerprint density at radius 2 is 1.88 bits per heavy atom. The molecule has 0 atom stereocenters. The molecule has 8 heteroatoms. The number of benzene rings is 1. The maximum absolute atomic E-state index is 6.11. The molecule has 3 N–H and O–H groups in total. The second-order valence-electron chi connectivity index (χ2n) is 7.16. The van der Waals surface area contributed by atoms with Crippen LogP contribution < -0.4 is 10.6 Å². The number of aromatic amines is 1. The highest BCUT2D eigenvalue weighted by molar-refractivity contribution is 6.35. The molecule has 6 nitrogen and oxygen atoms in total. The van der Waals surface area contributed by atoms with Gasteiger partial charge in [0.1, 0.15) is 11.3 Å². The van der Waals surface area contributed by atoms with E-state index >= 15 is 0 Å². The largest absolute Gasteiger partial charge is 0.355 e. The normalized spacial score (nSPS) is 17.0. The fourth-order valence-electron chi connectivity index (χ4n) is 3.32. The quantitative estimate of drug-likeness (QED) is 0.708. The van der Waals surface area contributed by atoms with E-state index in [1.54, 1.807) is 12.3 Å². The maximum atomic E-state index is 6.11. The Kier molecular flexibility index (Phi) is 4.50. The van der Waals surface area contributed by atoms with Crippen molar-refractivity contribution < 1.29 is 0 Å². The molecular weight excluding hydrogens is 371 g/mol. The third kappa shape index (κ3) is 3.24. The smallest absolute Gasteiger partial charge is 0.202 e. The molecule has 3 aromatic rings. The van der Waals surface area contributed by atoms with Gasteiger partial charge in [0, 0.05) is 28.7 Å². The summed E-state index contributed by atoms with van der Waals surface area (Å²) in [6.45, 7) is 4.82. The van der Waals surface area contributed by atoms with E-state index < -0.39 is 0 Å². The van der Waals surface area contributed by atoms with Crippen LogP contribution in [0.3, 0.4) is 0 Å². The number of nitrogens with two attached hydrogens (primary N) is 1. The maximum Gasteiger partial charge on any atom is 0.202 e. The van der Waals surface area contributed by atoms with Gasteiger partial charge in [-0.2, -0.15) is 5.10 Å². The fraction of sp³-hybridized carbons (Fsp3) is 0.389. The van der Waals surface area contributed by atoms with E-state index in [-0.39, 0.29) is 5.41 Å². The molecule has 2 aromatic heterocycles. The van der Waals surface area contributed by atoms with E-state index in [2.05, 4.69) is 32.0 Å². The molecule has 0 bridgehead atoms. The van der Waals surface area contributed by atoms with Crippen molar-refractivity contribution in [1.29, 1.82) is 0 Å². The minimum absolute atomic E-state index is 0.222. The zero-order chi connectivity index (χ0) is 18.3. The van der Waals surface area contributed by atoms with Gasteiger partial charge in [0.25, 0.3) is 0 Å². The molecular formula is C18H20Cl2N6. The molecule has 0 amide bonds. The van der Waals surface area contributed by atoms with E-state index in [1.165, 1.54) is 0 Å². The lowest BCUT2D eigenvalue weighted by Crippen LogP contribution is -2.42. The predicted molar refractivity (Wildman–Crippen MR) is 106 cm³/mol. The summed E-state index contributed by atoms with van der Waals surface area (Å²) in [6, 6.07) is 5.35. The third-order valence-corrected chi connectivity index (χ3v) is 5.63. The number of anilines is 1. The summed E-state index contributed by atoms with van der Waals surface area (Å²) in [7, 11) is 0. The molecule has 0 radical (unpaired) electrons. The average Bonchev–Trinajstić information content (AvgIpc) is 3.05. The summed E-state index contributed by atoms with van der Waals surface area (Å²) in [5.74, 6) is 0.846. The van der Waals surface area contributed by atoms with Crippen LogP contribution in [0.5, 0.6) is 0 Å². The predicted octanol–water partition coefficient (Wildman–Crippen LogP) is 3.89. The highest BCUT2D eigenvalue weighted by Gasteiger charge is 2.29. The number of H-pyrrole nitrogens is 1.